The lowest BCUT2D eigenvalue weighted by molar-refractivity contribution is -0.274. The molecule has 0 bridgehead atoms. The van der Waals surface area contributed by atoms with E-state index in [1.807, 2.05) is 0 Å². The second-order valence-corrected chi connectivity index (χ2v) is 6.25. The summed E-state index contributed by atoms with van der Waals surface area (Å²) in [7, 11) is 1.61. The van der Waals surface area contributed by atoms with Gasteiger partial charge in [0.2, 0.25) is 0 Å². The van der Waals surface area contributed by atoms with Crippen LogP contribution in [0.15, 0.2) is 21.5 Å². The van der Waals surface area contributed by atoms with Crippen molar-refractivity contribution in [2.45, 2.75) is 11.3 Å². The van der Waals surface area contributed by atoms with Gasteiger partial charge >= 0.3 is 6.36 Å². The van der Waals surface area contributed by atoms with Crippen LogP contribution in [0.25, 0.3) is 0 Å². The summed E-state index contributed by atoms with van der Waals surface area (Å²) in [5.41, 5.74) is 0. The molecule has 1 atom stereocenters. The Labute approximate surface area is 118 Å². The molecule has 0 saturated carbocycles. The monoisotopic (exact) mass is 365 g/mol. The van der Waals surface area contributed by atoms with Crippen molar-refractivity contribution in [3.8, 4) is 5.75 Å². The summed E-state index contributed by atoms with van der Waals surface area (Å²) in [6.07, 6.45) is -4.83. The lowest BCUT2D eigenvalue weighted by atomic mass is 10.3. The molecular weight excluding hydrogens is 359 g/mol. The van der Waals surface area contributed by atoms with Crippen LogP contribution in [0.1, 0.15) is 0 Å². The van der Waals surface area contributed by atoms with Crippen LogP contribution in [0.5, 0.6) is 5.75 Å². The Morgan fingerprint density at radius 2 is 1.94 bits per heavy atom. The Hall–Kier alpha value is -0.310. The van der Waals surface area contributed by atoms with Gasteiger partial charge in [-0.25, -0.2) is 8.51 Å². The minimum Gasteiger partial charge on any atom is -0.404 e. The molecule has 0 aliphatic rings. The number of hydrogen-bond acceptors (Lipinski definition) is 2. The van der Waals surface area contributed by atoms with Gasteiger partial charge in [0.15, 0.2) is 0 Å². The van der Waals surface area contributed by atoms with Gasteiger partial charge in [0, 0.05) is 4.47 Å². The predicted octanol–water partition coefficient (Wildman–Crippen LogP) is 3.59. The third-order valence-corrected chi connectivity index (χ3v) is 4.32. The first-order chi connectivity index (χ1) is 8.11. The lowest BCUT2D eigenvalue weighted by Gasteiger charge is -2.14. The number of alkyl halides is 3. The average molecular weight is 367 g/mol. The first-order valence-electron chi connectivity index (χ1n) is 4.46. The molecule has 0 aliphatic heterocycles. The van der Waals surface area contributed by atoms with Crippen molar-refractivity contribution in [3.05, 3.63) is 21.6 Å². The summed E-state index contributed by atoms with van der Waals surface area (Å²) in [4.78, 5) is 0.263. The summed E-state index contributed by atoms with van der Waals surface area (Å²) >= 11 is 8.69. The van der Waals surface area contributed by atoms with Gasteiger partial charge in [0.25, 0.3) is 0 Å². The molecule has 0 spiro atoms. The van der Waals surface area contributed by atoms with Gasteiger partial charge in [0.05, 0.1) is 9.92 Å². The van der Waals surface area contributed by atoms with E-state index >= 15 is 0 Å². The molecule has 0 aliphatic carbocycles. The first kappa shape index (κ1) is 15.7. The van der Waals surface area contributed by atoms with E-state index in [-0.39, 0.29) is 14.4 Å². The topological polar surface area (TPSA) is 29.5 Å². The zero-order chi connectivity index (χ0) is 14.1. The Morgan fingerprint density at radius 1 is 1.39 bits per heavy atom. The molecule has 102 valence electrons. The minimum absolute atomic E-state index is 0.221. The smallest absolute Gasteiger partial charge is 0.404 e. The van der Waals surface area contributed by atoms with Gasteiger partial charge in [-0.2, -0.15) is 0 Å². The van der Waals surface area contributed by atoms with E-state index in [2.05, 4.69) is 20.7 Å². The van der Waals surface area contributed by atoms with E-state index in [0.717, 1.165) is 6.07 Å². The molecule has 0 N–H and O–H groups in total. The van der Waals surface area contributed by atoms with Gasteiger partial charge in [-0.3, -0.25) is 0 Å². The van der Waals surface area contributed by atoms with Crippen LogP contribution in [-0.4, -0.2) is 29.0 Å². The van der Waals surface area contributed by atoms with Crippen LogP contribution in [0.4, 0.5) is 13.2 Å². The zero-order valence-electron chi connectivity index (χ0n) is 9.22. The van der Waals surface area contributed by atoms with Crippen molar-refractivity contribution in [1.29, 1.82) is 0 Å². The molecule has 18 heavy (non-hydrogen) atoms. The predicted molar refractivity (Wildman–Crippen MR) is 65.9 cm³/mol. The van der Waals surface area contributed by atoms with Crippen LogP contribution in [0.2, 0.25) is 5.02 Å². The van der Waals surface area contributed by atoms with E-state index in [1.54, 1.807) is 14.1 Å². The van der Waals surface area contributed by atoms with Crippen molar-refractivity contribution in [1.82, 2.24) is 4.31 Å². The van der Waals surface area contributed by atoms with Crippen LogP contribution < -0.4 is 4.74 Å². The molecule has 1 aromatic carbocycles. The largest absolute Gasteiger partial charge is 0.573 e. The lowest BCUT2D eigenvalue weighted by Crippen LogP contribution is -2.18. The maximum atomic E-state index is 12.1. The standard InChI is InChI=1S/C9H8BrClF3NO2S/c1-15(2)18(16)8-4-6(11)7(3-5(8)10)17-9(12,13)14/h3-4H,1-2H3. The summed E-state index contributed by atoms with van der Waals surface area (Å²) in [5.74, 6) is -0.546. The molecule has 1 aromatic rings. The second kappa shape index (κ2) is 5.77. The molecule has 0 aromatic heterocycles. The highest BCUT2D eigenvalue weighted by molar-refractivity contribution is 9.10. The number of hydrogen-bond donors (Lipinski definition) is 0. The van der Waals surface area contributed by atoms with Gasteiger partial charge < -0.3 is 4.74 Å². The third kappa shape index (κ3) is 4.11. The van der Waals surface area contributed by atoms with E-state index in [9.17, 15) is 17.4 Å². The summed E-state index contributed by atoms with van der Waals surface area (Å²) in [6.45, 7) is 0. The molecule has 1 unspecified atom stereocenters. The SMILES string of the molecule is CN(C)S(=O)c1cc(Cl)c(OC(F)(F)F)cc1Br. The van der Waals surface area contributed by atoms with Gasteiger partial charge in [-0.15, -0.1) is 13.2 Å². The fourth-order valence-corrected chi connectivity index (χ4v) is 2.89. The fraction of sp³-hybridized carbons (Fsp3) is 0.333. The van der Waals surface area contributed by atoms with Crippen molar-refractivity contribution in [2.24, 2.45) is 0 Å². The Bertz CT molecular complexity index is 482. The molecule has 0 fully saturated rings. The Kier molecular flexibility index (Phi) is 5.05. The normalized spacial score (nSPS) is 13.8. The Morgan fingerprint density at radius 3 is 2.39 bits per heavy atom. The number of halogens is 5. The molecule has 3 nitrogen and oxygen atoms in total. The summed E-state index contributed by atoms with van der Waals surface area (Å²) in [5, 5.41) is -0.263. The molecular formula is C9H8BrClF3NO2S. The maximum Gasteiger partial charge on any atom is 0.573 e. The van der Waals surface area contributed by atoms with Gasteiger partial charge in [0.1, 0.15) is 16.7 Å². The highest BCUT2D eigenvalue weighted by Gasteiger charge is 2.32. The maximum absolute atomic E-state index is 12.1. The highest BCUT2D eigenvalue weighted by atomic mass is 79.9. The van der Waals surface area contributed by atoms with E-state index < -0.39 is 23.1 Å². The van der Waals surface area contributed by atoms with Crippen LogP contribution in [-0.2, 0) is 11.0 Å². The first-order valence-corrected chi connectivity index (χ1v) is 6.73. The average Bonchev–Trinajstić information content (AvgIpc) is 2.19. The highest BCUT2D eigenvalue weighted by Crippen LogP contribution is 2.36. The molecule has 0 amide bonds. The second-order valence-electron chi connectivity index (χ2n) is 3.32. The zero-order valence-corrected chi connectivity index (χ0v) is 12.4. The fourth-order valence-electron chi connectivity index (χ4n) is 1.04. The van der Waals surface area contributed by atoms with Crippen LogP contribution >= 0.6 is 27.5 Å². The van der Waals surface area contributed by atoms with E-state index in [0.29, 0.717) is 0 Å². The summed E-state index contributed by atoms with van der Waals surface area (Å²) in [6, 6.07) is 2.20. The van der Waals surface area contributed by atoms with E-state index in [4.69, 9.17) is 11.6 Å². The molecule has 0 saturated heterocycles. The van der Waals surface area contributed by atoms with Crippen LogP contribution in [0, 0.1) is 0 Å². The van der Waals surface area contributed by atoms with E-state index in [1.165, 1.54) is 10.4 Å². The van der Waals surface area contributed by atoms with Gasteiger partial charge in [-0.05, 0) is 42.2 Å². The number of nitrogens with zero attached hydrogens (tertiary/aromatic N) is 1. The molecule has 0 radical (unpaired) electrons. The van der Waals surface area contributed by atoms with Crippen molar-refractivity contribution in [2.75, 3.05) is 14.1 Å². The third-order valence-electron chi connectivity index (χ3n) is 1.73. The summed E-state index contributed by atoms with van der Waals surface area (Å²) < 4.78 is 53.4. The van der Waals surface area contributed by atoms with Crippen molar-refractivity contribution in [3.63, 3.8) is 0 Å². The number of benzene rings is 1. The molecule has 9 heteroatoms. The quantitative estimate of drug-likeness (QED) is 0.818. The number of rotatable bonds is 3. The van der Waals surface area contributed by atoms with Gasteiger partial charge in [-0.1, -0.05) is 11.6 Å². The minimum atomic E-state index is -4.83. The van der Waals surface area contributed by atoms with Crippen molar-refractivity contribution < 1.29 is 22.1 Å². The molecule has 0 heterocycles. The van der Waals surface area contributed by atoms with Crippen LogP contribution in [0.3, 0.4) is 0 Å². The molecule has 1 rings (SSSR count). The van der Waals surface area contributed by atoms with Crippen molar-refractivity contribution >= 4 is 38.5 Å². The number of ether oxygens (including phenoxy) is 1. The Balaban J connectivity index is 3.16.